The molecule has 0 saturated heterocycles. The largest absolute Gasteiger partial charge is 0.480 e. The minimum atomic E-state index is -0.919. The van der Waals surface area contributed by atoms with Crippen molar-refractivity contribution in [2.24, 2.45) is 0 Å². The summed E-state index contributed by atoms with van der Waals surface area (Å²) < 4.78 is 6.93. The molecule has 4 aromatic rings. The van der Waals surface area contributed by atoms with Crippen molar-refractivity contribution in [2.45, 2.75) is 6.54 Å². The van der Waals surface area contributed by atoms with E-state index in [4.69, 9.17) is 9.52 Å². The highest BCUT2D eigenvalue weighted by Gasteiger charge is 2.14. The molecule has 0 bridgehead atoms. The number of fused-ring (bicyclic) bond motifs is 4. The quantitative estimate of drug-likeness (QED) is 0.577. The Labute approximate surface area is 124 Å². The Morgan fingerprint density at radius 3 is 2.68 bits per heavy atom. The number of hydrogen-bond donors (Lipinski definition) is 1. The molecule has 22 heavy (non-hydrogen) atoms. The van der Waals surface area contributed by atoms with Gasteiger partial charge in [-0.2, -0.15) is 0 Å². The molecule has 0 spiro atoms. The van der Waals surface area contributed by atoms with Gasteiger partial charge in [0.1, 0.15) is 12.1 Å². The van der Waals surface area contributed by atoms with E-state index in [2.05, 4.69) is 0 Å². The van der Waals surface area contributed by atoms with E-state index < -0.39 is 11.6 Å². The Kier molecular flexibility index (Phi) is 2.56. The molecule has 4 rings (SSSR count). The lowest BCUT2D eigenvalue weighted by atomic mass is 10.1. The molecule has 5 nitrogen and oxygen atoms in total. The van der Waals surface area contributed by atoms with Crippen molar-refractivity contribution in [1.29, 1.82) is 0 Å². The van der Waals surface area contributed by atoms with Gasteiger partial charge in [-0.25, -0.2) is 4.79 Å². The Morgan fingerprint density at radius 1 is 1.05 bits per heavy atom. The van der Waals surface area contributed by atoms with Crippen LogP contribution >= 0.6 is 0 Å². The molecule has 2 aromatic heterocycles. The number of carboxylic acids is 1. The lowest BCUT2D eigenvalue weighted by molar-refractivity contribution is -0.137. The van der Waals surface area contributed by atoms with Gasteiger partial charge in [0, 0.05) is 33.8 Å². The number of carboxylic acid groups (broad SMARTS) is 1. The monoisotopic (exact) mass is 293 g/mol. The van der Waals surface area contributed by atoms with E-state index in [-0.39, 0.29) is 6.54 Å². The zero-order valence-electron chi connectivity index (χ0n) is 11.4. The van der Waals surface area contributed by atoms with Gasteiger partial charge in [0.25, 0.3) is 0 Å². The van der Waals surface area contributed by atoms with Crippen LogP contribution in [0.1, 0.15) is 0 Å². The van der Waals surface area contributed by atoms with E-state index >= 15 is 0 Å². The van der Waals surface area contributed by atoms with E-state index in [0.717, 1.165) is 27.2 Å². The van der Waals surface area contributed by atoms with E-state index in [9.17, 15) is 9.59 Å². The Bertz CT molecular complexity index is 1100. The van der Waals surface area contributed by atoms with Gasteiger partial charge < -0.3 is 14.1 Å². The predicted molar refractivity (Wildman–Crippen MR) is 83.1 cm³/mol. The fraction of sp³-hybridized carbons (Fsp3) is 0.0588. The molecule has 0 atom stereocenters. The third-order valence-electron chi connectivity index (χ3n) is 3.81. The number of para-hydroxylation sites is 1. The van der Waals surface area contributed by atoms with Crippen LogP contribution in [0.5, 0.6) is 0 Å². The van der Waals surface area contributed by atoms with Gasteiger partial charge in [-0.1, -0.05) is 18.2 Å². The van der Waals surface area contributed by atoms with Crippen molar-refractivity contribution in [3.05, 3.63) is 59.0 Å². The summed E-state index contributed by atoms with van der Waals surface area (Å²) in [4.78, 5) is 22.6. The van der Waals surface area contributed by atoms with Gasteiger partial charge >= 0.3 is 11.6 Å². The van der Waals surface area contributed by atoms with Crippen LogP contribution in [-0.2, 0) is 11.3 Å². The first kappa shape index (κ1) is 12.6. The molecule has 0 fully saturated rings. The van der Waals surface area contributed by atoms with Crippen LogP contribution < -0.4 is 5.63 Å². The lowest BCUT2D eigenvalue weighted by Gasteiger charge is -2.04. The van der Waals surface area contributed by atoms with Gasteiger partial charge in [0.05, 0.1) is 5.52 Å². The molecule has 2 aromatic carbocycles. The molecule has 108 valence electrons. The second kappa shape index (κ2) is 4.46. The number of aromatic nitrogens is 1. The van der Waals surface area contributed by atoms with Crippen molar-refractivity contribution in [3.63, 3.8) is 0 Å². The second-order valence-electron chi connectivity index (χ2n) is 5.16. The molecule has 5 heteroatoms. The highest BCUT2D eigenvalue weighted by molar-refractivity contribution is 6.12. The average molecular weight is 293 g/mol. The maximum absolute atomic E-state index is 11.4. The molecule has 0 aliphatic heterocycles. The summed E-state index contributed by atoms with van der Waals surface area (Å²) in [6.45, 7) is -0.146. The summed E-state index contributed by atoms with van der Waals surface area (Å²) in [5.74, 6) is -0.919. The highest BCUT2D eigenvalue weighted by atomic mass is 16.4. The van der Waals surface area contributed by atoms with E-state index in [1.54, 1.807) is 16.7 Å². The fourth-order valence-electron chi connectivity index (χ4n) is 2.92. The van der Waals surface area contributed by atoms with Crippen molar-refractivity contribution >= 4 is 38.7 Å². The topological polar surface area (TPSA) is 72.4 Å². The van der Waals surface area contributed by atoms with Crippen LogP contribution in [0.2, 0.25) is 0 Å². The van der Waals surface area contributed by atoms with Crippen molar-refractivity contribution in [1.82, 2.24) is 4.57 Å². The van der Waals surface area contributed by atoms with Gasteiger partial charge in [-0.05, 0) is 18.2 Å². The van der Waals surface area contributed by atoms with Gasteiger partial charge in [0.15, 0.2) is 0 Å². The molecule has 0 amide bonds. The van der Waals surface area contributed by atoms with Gasteiger partial charge in [0.2, 0.25) is 0 Å². The zero-order chi connectivity index (χ0) is 15.3. The molecule has 0 aliphatic carbocycles. The number of aliphatic carboxylic acids is 1. The highest BCUT2D eigenvalue weighted by Crippen LogP contribution is 2.31. The van der Waals surface area contributed by atoms with Crippen LogP contribution in [0.25, 0.3) is 32.8 Å². The molecule has 1 N–H and O–H groups in total. The standard InChI is InChI=1S/C17H11NO4/c19-16(20)9-18-13-4-2-1-3-11(13)12-7-10-5-6-17(21)22-15(10)8-14(12)18/h1-8H,9H2,(H,19,20). The molecular formula is C17H11NO4. The lowest BCUT2D eigenvalue weighted by Crippen LogP contribution is -2.08. The summed E-state index contributed by atoms with van der Waals surface area (Å²) in [7, 11) is 0. The molecule has 2 heterocycles. The summed E-state index contributed by atoms with van der Waals surface area (Å²) in [6, 6.07) is 14.4. The first-order chi connectivity index (χ1) is 10.6. The molecule has 0 saturated carbocycles. The van der Waals surface area contributed by atoms with Crippen LogP contribution in [0.3, 0.4) is 0 Å². The Balaban J connectivity index is 2.21. The maximum atomic E-state index is 11.4. The normalized spacial score (nSPS) is 11.5. The number of benzene rings is 2. The summed E-state index contributed by atoms with van der Waals surface area (Å²) >= 11 is 0. The van der Waals surface area contributed by atoms with E-state index in [1.165, 1.54) is 6.07 Å². The third-order valence-corrected chi connectivity index (χ3v) is 3.81. The summed E-state index contributed by atoms with van der Waals surface area (Å²) in [6.07, 6.45) is 0. The van der Waals surface area contributed by atoms with Crippen LogP contribution in [-0.4, -0.2) is 15.6 Å². The number of rotatable bonds is 2. The van der Waals surface area contributed by atoms with Gasteiger partial charge in [-0.15, -0.1) is 0 Å². The first-order valence-electron chi connectivity index (χ1n) is 6.80. The fourth-order valence-corrected chi connectivity index (χ4v) is 2.92. The molecule has 0 unspecified atom stereocenters. The van der Waals surface area contributed by atoms with Crippen molar-refractivity contribution < 1.29 is 14.3 Å². The summed E-state index contributed by atoms with van der Waals surface area (Å²) in [5.41, 5.74) is 1.62. The number of hydrogen-bond acceptors (Lipinski definition) is 3. The number of nitrogens with zero attached hydrogens (tertiary/aromatic N) is 1. The molecule has 0 aliphatic rings. The minimum Gasteiger partial charge on any atom is -0.480 e. The first-order valence-corrected chi connectivity index (χ1v) is 6.80. The van der Waals surface area contributed by atoms with Crippen LogP contribution in [0, 0.1) is 0 Å². The van der Waals surface area contributed by atoms with E-state index in [0.29, 0.717) is 5.58 Å². The van der Waals surface area contributed by atoms with Crippen molar-refractivity contribution in [3.8, 4) is 0 Å². The zero-order valence-corrected chi connectivity index (χ0v) is 11.4. The minimum absolute atomic E-state index is 0.146. The maximum Gasteiger partial charge on any atom is 0.336 e. The van der Waals surface area contributed by atoms with Crippen LogP contribution in [0.15, 0.2) is 57.7 Å². The van der Waals surface area contributed by atoms with E-state index in [1.807, 2.05) is 30.3 Å². The van der Waals surface area contributed by atoms with Crippen molar-refractivity contribution in [2.75, 3.05) is 0 Å². The third kappa shape index (κ3) is 1.79. The van der Waals surface area contributed by atoms with Gasteiger partial charge in [-0.3, -0.25) is 4.79 Å². The SMILES string of the molecule is O=C(O)Cn1c2ccccc2c2cc3ccc(=O)oc3cc21. The smallest absolute Gasteiger partial charge is 0.336 e. The molecular weight excluding hydrogens is 282 g/mol. The average Bonchev–Trinajstić information content (AvgIpc) is 2.79. The molecule has 0 radical (unpaired) electrons. The number of carbonyl (C=O) groups is 1. The summed E-state index contributed by atoms with van der Waals surface area (Å²) in [5, 5.41) is 11.9. The van der Waals surface area contributed by atoms with Crippen LogP contribution in [0.4, 0.5) is 0 Å². The second-order valence-corrected chi connectivity index (χ2v) is 5.16. The predicted octanol–water partition coefficient (Wildman–Crippen LogP) is 2.99. The Morgan fingerprint density at radius 2 is 1.86 bits per heavy atom. The Hall–Kier alpha value is -3.08.